The summed E-state index contributed by atoms with van der Waals surface area (Å²) < 4.78 is 5.41. The number of carbonyl (C=O) groups is 1. The summed E-state index contributed by atoms with van der Waals surface area (Å²) in [6.45, 7) is 5.67. The van der Waals surface area contributed by atoms with Crippen LogP contribution in [0.25, 0.3) is 10.9 Å². The van der Waals surface area contributed by atoms with E-state index in [0.717, 1.165) is 10.9 Å². The fourth-order valence-corrected chi connectivity index (χ4v) is 2.80. The molecule has 2 heterocycles. The molecule has 8 nitrogen and oxygen atoms in total. The number of carbonyl (C=O) groups excluding carboxylic acids is 1. The van der Waals surface area contributed by atoms with Gasteiger partial charge in [0.15, 0.2) is 0 Å². The van der Waals surface area contributed by atoms with Crippen LogP contribution in [0, 0.1) is 0 Å². The number of nitrogens with zero attached hydrogens (tertiary/aromatic N) is 2. The number of amides is 2. The van der Waals surface area contributed by atoms with E-state index in [1.54, 1.807) is 26.1 Å². The minimum atomic E-state index is -1.15. The Bertz CT molecular complexity index is 918. The number of ether oxygens (including phenoxy) is 1. The molecule has 4 N–H and O–H groups in total. The molecule has 3 rings (SSSR count). The first-order valence-corrected chi connectivity index (χ1v) is 8.70. The second-order valence-corrected chi connectivity index (χ2v) is 6.67. The van der Waals surface area contributed by atoms with Crippen LogP contribution in [0.1, 0.15) is 32.4 Å². The van der Waals surface area contributed by atoms with E-state index in [0.29, 0.717) is 23.8 Å². The third-order valence-electron chi connectivity index (χ3n) is 4.05. The number of pyridine rings is 1. The third-order valence-corrected chi connectivity index (χ3v) is 4.05. The number of H-pyrrole nitrogens is 1. The smallest absolute Gasteiger partial charge is 0.320 e. The van der Waals surface area contributed by atoms with Gasteiger partial charge >= 0.3 is 6.03 Å². The average Bonchev–Trinajstić information content (AvgIpc) is 3.02. The highest BCUT2D eigenvalue weighted by molar-refractivity contribution is 5.92. The summed E-state index contributed by atoms with van der Waals surface area (Å²) in [5, 5.41) is 23.6. The number of hydrogen-bond acceptors (Lipinski definition) is 5. The maximum absolute atomic E-state index is 12.5. The van der Waals surface area contributed by atoms with Gasteiger partial charge in [-0.3, -0.25) is 10.4 Å². The second-order valence-electron chi connectivity index (χ2n) is 6.67. The molecule has 0 bridgehead atoms. The molecular weight excluding hydrogens is 346 g/mol. The zero-order chi connectivity index (χ0) is 19.4. The van der Waals surface area contributed by atoms with E-state index in [2.05, 4.69) is 25.8 Å². The number of rotatable bonds is 6. The van der Waals surface area contributed by atoms with Crippen molar-refractivity contribution in [2.45, 2.75) is 32.4 Å². The van der Waals surface area contributed by atoms with E-state index >= 15 is 0 Å². The van der Waals surface area contributed by atoms with Gasteiger partial charge in [0.2, 0.25) is 5.88 Å². The minimum Gasteiger partial charge on any atom is -0.476 e. The number of aromatic nitrogens is 3. The van der Waals surface area contributed by atoms with E-state index in [-0.39, 0.29) is 0 Å². The summed E-state index contributed by atoms with van der Waals surface area (Å²) >= 11 is 0. The van der Waals surface area contributed by atoms with Gasteiger partial charge in [-0.05, 0) is 26.3 Å². The second kappa shape index (κ2) is 7.63. The van der Waals surface area contributed by atoms with Crippen molar-refractivity contribution in [3.05, 3.63) is 48.2 Å². The Labute approximate surface area is 157 Å². The molecule has 0 saturated carbocycles. The number of fused-ring (bicyclic) bond motifs is 1. The number of hydrogen-bond donors (Lipinski definition) is 4. The zero-order valence-electron chi connectivity index (χ0n) is 15.5. The molecule has 0 aliphatic rings. The summed E-state index contributed by atoms with van der Waals surface area (Å²) in [4.78, 5) is 16.7. The van der Waals surface area contributed by atoms with Crippen LogP contribution in [0.15, 0.2) is 42.6 Å². The Morgan fingerprint density at radius 3 is 2.74 bits per heavy atom. The molecule has 0 radical (unpaired) electrons. The lowest BCUT2D eigenvalue weighted by atomic mass is 9.92. The Kier molecular flexibility index (Phi) is 5.27. The Hall–Kier alpha value is -3.13. The largest absolute Gasteiger partial charge is 0.476 e. The van der Waals surface area contributed by atoms with Crippen LogP contribution in [-0.4, -0.2) is 38.5 Å². The maximum atomic E-state index is 12.5. The van der Waals surface area contributed by atoms with Crippen molar-refractivity contribution in [1.82, 2.24) is 20.5 Å². The van der Waals surface area contributed by atoms with E-state index < -0.39 is 17.7 Å². The summed E-state index contributed by atoms with van der Waals surface area (Å²) in [7, 11) is 0. The van der Waals surface area contributed by atoms with Crippen molar-refractivity contribution in [1.29, 1.82) is 0 Å². The molecule has 0 spiro atoms. The predicted octanol–water partition coefficient (Wildman–Crippen LogP) is 2.99. The highest BCUT2D eigenvalue weighted by atomic mass is 16.5. The molecule has 1 aromatic carbocycles. The van der Waals surface area contributed by atoms with Crippen LogP contribution < -0.4 is 15.4 Å². The molecule has 2 aromatic heterocycles. The van der Waals surface area contributed by atoms with Crippen molar-refractivity contribution >= 4 is 22.8 Å². The van der Waals surface area contributed by atoms with Crippen molar-refractivity contribution in [2.24, 2.45) is 0 Å². The quantitative estimate of drug-likeness (QED) is 0.534. The Morgan fingerprint density at radius 2 is 2.07 bits per heavy atom. The number of benzene rings is 1. The van der Waals surface area contributed by atoms with Gasteiger partial charge in [0.25, 0.3) is 0 Å². The summed E-state index contributed by atoms with van der Waals surface area (Å²) in [5.74, 6) is 0.830. The SMILES string of the molecule is CCOc1n[nH]c2cc(NC(=O)N[C@@H](c3ccccc3)C(C)(C)O)ncc12. The van der Waals surface area contributed by atoms with Gasteiger partial charge in [-0.1, -0.05) is 30.3 Å². The van der Waals surface area contributed by atoms with Gasteiger partial charge in [-0.2, -0.15) is 0 Å². The van der Waals surface area contributed by atoms with Crippen LogP contribution in [0.4, 0.5) is 10.6 Å². The fourth-order valence-electron chi connectivity index (χ4n) is 2.80. The average molecular weight is 369 g/mol. The van der Waals surface area contributed by atoms with Crippen molar-refractivity contribution in [2.75, 3.05) is 11.9 Å². The molecular formula is C19H23N5O3. The molecule has 0 aliphatic carbocycles. The van der Waals surface area contributed by atoms with Crippen LogP contribution in [-0.2, 0) is 0 Å². The molecule has 8 heteroatoms. The van der Waals surface area contributed by atoms with Gasteiger partial charge in [-0.15, -0.1) is 5.10 Å². The molecule has 2 amide bonds. The van der Waals surface area contributed by atoms with Crippen LogP contribution in [0.5, 0.6) is 5.88 Å². The van der Waals surface area contributed by atoms with Gasteiger partial charge in [0.05, 0.1) is 29.2 Å². The molecule has 1 atom stereocenters. The first-order chi connectivity index (χ1) is 12.9. The lowest BCUT2D eigenvalue weighted by Gasteiger charge is -2.30. The topological polar surface area (TPSA) is 112 Å². The number of nitrogens with one attached hydrogen (secondary N) is 3. The number of urea groups is 1. The standard InChI is InChI=1S/C19H23N5O3/c1-4-27-17-13-11-20-15(10-14(13)23-24-17)21-18(25)22-16(19(2,3)26)12-8-6-5-7-9-12/h5-11,16,26H,4H2,1-3H3,(H,23,24)(H2,20,21,22,25)/t16-/m0/s1. The highest BCUT2D eigenvalue weighted by Crippen LogP contribution is 2.26. The first-order valence-electron chi connectivity index (χ1n) is 8.70. The van der Waals surface area contributed by atoms with E-state index in [1.165, 1.54) is 0 Å². The summed E-state index contributed by atoms with van der Waals surface area (Å²) in [6, 6.07) is 9.92. The monoisotopic (exact) mass is 369 g/mol. The maximum Gasteiger partial charge on any atom is 0.320 e. The summed E-state index contributed by atoms with van der Waals surface area (Å²) in [6.07, 6.45) is 1.59. The first kappa shape index (κ1) is 18.7. The highest BCUT2D eigenvalue weighted by Gasteiger charge is 2.30. The minimum absolute atomic E-state index is 0.356. The van der Waals surface area contributed by atoms with Gasteiger partial charge in [0, 0.05) is 12.3 Å². The number of aromatic amines is 1. The van der Waals surface area contributed by atoms with Crippen LogP contribution in [0.2, 0.25) is 0 Å². The van der Waals surface area contributed by atoms with Gasteiger partial charge in [-0.25, -0.2) is 9.78 Å². The third kappa shape index (κ3) is 4.35. The van der Waals surface area contributed by atoms with Crippen molar-refractivity contribution in [3.63, 3.8) is 0 Å². The van der Waals surface area contributed by atoms with Crippen molar-refractivity contribution in [3.8, 4) is 5.88 Å². The Morgan fingerprint density at radius 1 is 1.33 bits per heavy atom. The summed E-state index contributed by atoms with van der Waals surface area (Å²) in [5.41, 5.74) is 0.357. The Balaban J connectivity index is 1.75. The molecule has 0 fully saturated rings. The van der Waals surface area contributed by atoms with Gasteiger partial charge < -0.3 is 15.2 Å². The molecule has 27 heavy (non-hydrogen) atoms. The molecule has 0 saturated heterocycles. The normalized spacial score (nSPS) is 12.6. The number of aliphatic hydroxyl groups is 1. The van der Waals surface area contributed by atoms with Crippen LogP contribution >= 0.6 is 0 Å². The zero-order valence-corrected chi connectivity index (χ0v) is 15.5. The molecule has 0 aliphatic heterocycles. The van der Waals surface area contributed by atoms with Gasteiger partial charge in [0.1, 0.15) is 5.82 Å². The van der Waals surface area contributed by atoms with Crippen molar-refractivity contribution < 1.29 is 14.6 Å². The lowest BCUT2D eigenvalue weighted by molar-refractivity contribution is 0.0415. The van der Waals surface area contributed by atoms with E-state index in [1.807, 2.05) is 37.3 Å². The molecule has 3 aromatic rings. The van der Waals surface area contributed by atoms with Crippen LogP contribution in [0.3, 0.4) is 0 Å². The van der Waals surface area contributed by atoms with E-state index in [9.17, 15) is 9.90 Å². The fraction of sp³-hybridized carbons (Fsp3) is 0.316. The lowest BCUT2D eigenvalue weighted by Crippen LogP contribution is -2.43. The molecule has 142 valence electrons. The predicted molar refractivity (Wildman–Crippen MR) is 103 cm³/mol. The number of anilines is 1. The molecule has 0 unspecified atom stereocenters. The van der Waals surface area contributed by atoms with E-state index in [4.69, 9.17) is 4.74 Å².